The minimum atomic E-state index is -1.56. The standard InChI is InChI=1S/C79H145NO8/c1-3-5-7-9-11-13-15-17-19-21-23-25-27-29-31-33-35-37-39-41-43-45-47-49-51-53-55-57-59-61-63-65-67-69-75(83)80-72(71-87-79-78(86)77(85)76(84)74(70-81)88-79)73(82)68-66-64-62-60-58-56-54-52-50-48-46-44-42-40-38-36-34-32-30-28-26-24-22-20-18-16-14-12-10-8-6-4-2/h5,7,11,13,17,19,23,25,29,31,35,37,72-74,76-79,81-82,84-86H,3-4,6,8-10,12,14-16,18,20-22,24,26-28,30,32-34,36,38-71H2,1-2H3,(H,80,83)/b7-5-,13-11-,19-17-,25-23-,31-29-,37-35-. The number of ether oxygens (including phenoxy) is 2. The molecule has 0 aromatic heterocycles. The van der Waals surface area contributed by atoms with E-state index >= 15 is 0 Å². The van der Waals surface area contributed by atoms with Gasteiger partial charge in [-0.25, -0.2) is 0 Å². The van der Waals surface area contributed by atoms with Crippen molar-refractivity contribution in [3.8, 4) is 0 Å². The Labute approximate surface area is 544 Å². The summed E-state index contributed by atoms with van der Waals surface area (Å²) in [6, 6.07) is -0.725. The van der Waals surface area contributed by atoms with Gasteiger partial charge in [0.05, 0.1) is 25.4 Å². The number of hydrogen-bond donors (Lipinski definition) is 6. The minimum Gasteiger partial charge on any atom is -0.394 e. The maximum Gasteiger partial charge on any atom is 0.220 e. The lowest BCUT2D eigenvalue weighted by Crippen LogP contribution is -2.60. The quantitative estimate of drug-likeness (QED) is 0.0261. The van der Waals surface area contributed by atoms with E-state index in [4.69, 9.17) is 9.47 Å². The summed E-state index contributed by atoms with van der Waals surface area (Å²) in [6.07, 6.45) is 88.5. The molecule has 1 saturated heterocycles. The SMILES string of the molecule is CC/C=C\C/C=C\C/C=C\C/C=C\C/C=C\C/C=C\CCCCCCCCCCCCCCCCC(=O)NC(COC1OC(CO)C(O)C(O)C1O)C(O)CCCCCCCCCCCCCCCCCCCCCCCCCCCCCCCCCC. The fraction of sp³-hybridized carbons (Fsp3) is 0.835. The van der Waals surface area contributed by atoms with Crippen molar-refractivity contribution in [3.05, 3.63) is 72.9 Å². The van der Waals surface area contributed by atoms with Crippen LogP contribution in [0.15, 0.2) is 72.9 Å². The molecule has 6 N–H and O–H groups in total. The molecule has 1 rings (SSSR count). The summed E-state index contributed by atoms with van der Waals surface area (Å²) in [4.78, 5) is 13.2. The molecular formula is C79H145NO8. The van der Waals surface area contributed by atoms with Crippen LogP contribution in [0.25, 0.3) is 0 Å². The van der Waals surface area contributed by atoms with Crippen molar-refractivity contribution in [2.45, 2.75) is 410 Å². The van der Waals surface area contributed by atoms with Gasteiger partial charge in [-0.2, -0.15) is 0 Å². The summed E-state index contributed by atoms with van der Waals surface area (Å²) in [5.41, 5.74) is 0. The molecule has 0 aliphatic carbocycles. The van der Waals surface area contributed by atoms with Gasteiger partial charge in [-0.3, -0.25) is 4.79 Å². The zero-order chi connectivity index (χ0) is 63.5. The Morgan fingerprint density at radius 2 is 0.705 bits per heavy atom. The molecule has 1 aliphatic heterocycles. The Balaban J connectivity index is 2.08. The first-order chi connectivity index (χ1) is 43.3. The number of nitrogens with one attached hydrogen (secondary N) is 1. The summed E-state index contributed by atoms with van der Waals surface area (Å²) in [5, 5.41) is 55.1. The van der Waals surface area contributed by atoms with Crippen LogP contribution in [0.3, 0.4) is 0 Å². The first-order valence-electron chi connectivity index (χ1n) is 38.1. The van der Waals surface area contributed by atoms with Gasteiger partial charge in [0.15, 0.2) is 6.29 Å². The van der Waals surface area contributed by atoms with E-state index in [0.717, 1.165) is 77.0 Å². The third-order valence-electron chi connectivity index (χ3n) is 18.1. The number of unbranched alkanes of at least 4 members (excludes halogenated alkanes) is 45. The largest absolute Gasteiger partial charge is 0.394 e. The predicted octanol–water partition coefficient (Wildman–Crippen LogP) is 21.5. The Kier molecular flexibility index (Phi) is 64.2. The predicted molar refractivity (Wildman–Crippen MR) is 378 cm³/mol. The Morgan fingerprint density at radius 3 is 1.05 bits per heavy atom. The molecule has 0 spiro atoms. The van der Waals surface area contributed by atoms with Crippen LogP contribution in [0.4, 0.5) is 0 Å². The van der Waals surface area contributed by atoms with Crippen molar-refractivity contribution < 1.29 is 39.8 Å². The number of aliphatic hydroxyl groups is 5. The van der Waals surface area contributed by atoms with Crippen molar-refractivity contribution in [1.82, 2.24) is 5.32 Å². The first kappa shape index (κ1) is 83.6. The third-order valence-corrected chi connectivity index (χ3v) is 18.1. The van der Waals surface area contributed by atoms with Gasteiger partial charge >= 0.3 is 0 Å². The van der Waals surface area contributed by atoms with E-state index in [9.17, 15) is 30.3 Å². The summed E-state index contributed by atoms with van der Waals surface area (Å²) in [7, 11) is 0. The van der Waals surface area contributed by atoms with E-state index in [2.05, 4.69) is 92.1 Å². The lowest BCUT2D eigenvalue weighted by atomic mass is 9.99. The zero-order valence-electron chi connectivity index (χ0n) is 57.7. The van der Waals surface area contributed by atoms with E-state index in [1.807, 2.05) is 0 Å². The molecule has 0 aromatic carbocycles. The highest BCUT2D eigenvalue weighted by Gasteiger charge is 2.44. The Bertz CT molecular complexity index is 1620. The average Bonchev–Trinajstić information content (AvgIpc) is 3.65. The van der Waals surface area contributed by atoms with Crippen molar-refractivity contribution >= 4 is 5.91 Å². The second-order valence-electron chi connectivity index (χ2n) is 26.4. The van der Waals surface area contributed by atoms with Crippen LogP contribution in [0.1, 0.15) is 367 Å². The molecule has 9 nitrogen and oxygen atoms in total. The maximum atomic E-state index is 13.2. The van der Waals surface area contributed by atoms with Gasteiger partial charge in [-0.05, 0) is 64.2 Å². The number of rotatable bonds is 67. The lowest BCUT2D eigenvalue weighted by molar-refractivity contribution is -0.302. The van der Waals surface area contributed by atoms with Crippen LogP contribution in [0.5, 0.6) is 0 Å². The van der Waals surface area contributed by atoms with Gasteiger partial charge in [-0.1, -0.05) is 369 Å². The van der Waals surface area contributed by atoms with E-state index in [1.54, 1.807) is 0 Å². The fourth-order valence-corrected chi connectivity index (χ4v) is 12.2. The number of aliphatic hydroxyl groups excluding tert-OH is 5. The molecule has 0 radical (unpaired) electrons. The van der Waals surface area contributed by atoms with Crippen LogP contribution in [0.2, 0.25) is 0 Å². The highest BCUT2D eigenvalue weighted by molar-refractivity contribution is 5.76. The first-order valence-corrected chi connectivity index (χ1v) is 38.1. The molecule has 7 unspecified atom stereocenters. The Hall–Kier alpha value is -2.37. The molecule has 1 fully saturated rings. The second-order valence-corrected chi connectivity index (χ2v) is 26.4. The monoisotopic (exact) mass is 1240 g/mol. The molecule has 9 heteroatoms. The molecule has 1 aliphatic rings. The van der Waals surface area contributed by atoms with Gasteiger partial charge in [0.1, 0.15) is 24.4 Å². The second kappa shape index (κ2) is 67.5. The smallest absolute Gasteiger partial charge is 0.220 e. The van der Waals surface area contributed by atoms with Gasteiger partial charge in [0.25, 0.3) is 0 Å². The van der Waals surface area contributed by atoms with Crippen molar-refractivity contribution in [1.29, 1.82) is 0 Å². The highest BCUT2D eigenvalue weighted by Crippen LogP contribution is 2.24. The van der Waals surface area contributed by atoms with Gasteiger partial charge in [-0.15, -0.1) is 0 Å². The van der Waals surface area contributed by atoms with Crippen LogP contribution in [-0.4, -0.2) is 87.5 Å². The molecule has 7 atom stereocenters. The maximum absolute atomic E-state index is 13.2. The average molecular weight is 1240 g/mol. The molecule has 0 bridgehead atoms. The van der Waals surface area contributed by atoms with Crippen molar-refractivity contribution in [2.24, 2.45) is 0 Å². The molecule has 0 aromatic rings. The number of carbonyl (C=O) groups is 1. The number of hydrogen-bond acceptors (Lipinski definition) is 8. The summed E-state index contributed by atoms with van der Waals surface area (Å²) >= 11 is 0. The van der Waals surface area contributed by atoms with Gasteiger partial charge in [0.2, 0.25) is 5.91 Å². The van der Waals surface area contributed by atoms with Crippen molar-refractivity contribution in [2.75, 3.05) is 13.2 Å². The molecule has 88 heavy (non-hydrogen) atoms. The van der Waals surface area contributed by atoms with Crippen LogP contribution >= 0.6 is 0 Å². The van der Waals surface area contributed by atoms with E-state index in [1.165, 1.54) is 263 Å². The van der Waals surface area contributed by atoms with E-state index in [0.29, 0.717) is 12.8 Å². The highest BCUT2D eigenvalue weighted by atomic mass is 16.7. The summed E-state index contributed by atoms with van der Waals surface area (Å²) in [6.45, 7) is 3.77. The number of carbonyl (C=O) groups excluding carboxylic acids is 1. The van der Waals surface area contributed by atoms with E-state index in [-0.39, 0.29) is 12.5 Å². The lowest BCUT2D eigenvalue weighted by Gasteiger charge is -2.40. The molecular weight excluding hydrogens is 1090 g/mol. The van der Waals surface area contributed by atoms with E-state index < -0.39 is 49.5 Å². The molecule has 1 heterocycles. The summed E-state index contributed by atoms with van der Waals surface area (Å²) < 4.78 is 11.4. The number of amides is 1. The van der Waals surface area contributed by atoms with Crippen molar-refractivity contribution in [3.63, 3.8) is 0 Å². The topological polar surface area (TPSA) is 149 Å². The summed E-state index contributed by atoms with van der Waals surface area (Å²) in [5.74, 6) is -0.141. The van der Waals surface area contributed by atoms with Crippen LogP contribution < -0.4 is 5.32 Å². The Morgan fingerprint density at radius 1 is 0.398 bits per heavy atom. The molecule has 0 saturated carbocycles. The third kappa shape index (κ3) is 55.3. The van der Waals surface area contributed by atoms with Crippen LogP contribution in [-0.2, 0) is 14.3 Å². The van der Waals surface area contributed by atoms with Gasteiger partial charge in [0, 0.05) is 6.42 Å². The normalized spacial score (nSPS) is 18.3. The van der Waals surface area contributed by atoms with Crippen LogP contribution in [0, 0.1) is 0 Å². The fourth-order valence-electron chi connectivity index (χ4n) is 12.2. The minimum absolute atomic E-state index is 0.138. The molecule has 1 amide bonds. The van der Waals surface area contributed by atoms with Gasteiger partial charge < -0.3 is 40.3 Å². The zero-order valence-corrected chi connectivity index (χ0v) is 57.7. The molecule has 514 valence electrons. The number of allylic oxidation sites excluding steroid dienone is 12.